The smallest absolute Gasteiger partial charge is 0.0566 e. The van der Waals surface area contributed by atoms with Crippen molar-refractivity contribution in [2.24, 2.45) is 0 Å². The number of H-pyrrole nitrogens is 1. The lowest BCUT2D eigenvalue weighted by molar-refractivity contribution is 1.19. The second-order valence-corrected chi connectivity index (χ2v) is 5.56. The van der Waals surface area contributed by atoms with Gasteiger partial charge in [0.1, 0.15) is 0 Å². The van der Waals surface area contributed by atoms with Crippen LogP contribution in [0, 0.1) is 6.92 Å². The maximum absolute atomic E-state index is 3.49. The van der Waals surface area contributed by atoms with E-state index in [4.69, 9.17) is 0 Å². The molecule has 0 saturated heterocycles. The molecule has 19 heavy (non-hydrogen) atoms. The van der Waals surface area contributed by atoms with Crippen LogP contribution in [0.4, 0.5) is 0 Å². The lowest BCUT2D eigenvalue weighted by Gasteiger charge is -1.91. The topological polar surface area (TPSA) is 15.8 Å². The zero-order valence-electron chi connectivity index (χ0n) is 12.1. The fraction of sp³-hybridized carbons (Fsp3) is 0.294. The van der Waals surface area contributed by atoms with E-state index in [1.165, 1.54) is 31.9 Å². The van der Waals surface area contributed by atoms with Crippen molar-refractivity contribution in [1.82, 2.24) is 4.98 Å². The normalized spacial score (nSPS) is 10.3. The summed E-state index contributed by atoms with van der Waals surface area (Å²) >= 11 is 1.87. The van der Waals surface area contributed by atoms with Crippen molar-refractivity contribution < 1.29 is 0 Å². The summed E-state index contributed by atoms with van der Waals surface area (Å²) in [5.74, 6) is 0. The minimum absolute atomic E-state index is 1.12. The molecule has 2 heteroatoms. The van der Waals surface area contributed by atoms with Crippen LogP contribution in [0.3, 0.4) is 0 Å². The minimum atomic E-state index is 1.12. The van der Waals surface area contributed by atoms with Gasteiger partial charge in [-0.05, 0) is 43.7 Å². The fourth-order valence-corrected chi connectivity index (χ4v) is 3.02. The van der Waals surface area contributed by atoms with Crippen molar-refractivity contribution in [3.05, 3.63) is 46.8 Å². The monoisotopic (exact) mass is 271 g/mol. The second-order valence-electron chi connectivity index (χ2n) is 4.39. The summed E-state index contributed by atoms with van der Waals surface area (Å²) < 4.78 is 0. The first-order valence-corrected chi connectivity index (χ1v) is 7.76. The molecule has 3 aromatic rings. The third-order valence-corrected chi connectivity index (χ3v) is 4.31. The molecule has 0 bridgehead atoms. The molecule has 0 atom stereocenters. The second kappa shape index (κ2) is 6.07. The molecule has 0 aliphatic carbocycles. The number of aryl methyl sites for hydroxylation is 2. The summed E-state index contributed by atoms with van der Waals surface area (Å²) in [5.41, 5.74) is 3.76. The van der Waals surface area contributed by atoms with Crippen LogP contribution in [0.5, 0.6) is 0 Å². The summed E-state index contributed by atoms with van der Waals surface area (Å²) in [4.78, 5) is 6.26. The molecule has 0 fully saturated rings. The van der Waals surface area contributed by atoms with Crippen molar-refractivity contribution in [2.75, 3.05) is 0 Å². The predicted octanol–water partition coefficient (Wildman–Crippen LogP) is 5.79. The Hall–Kier alpha value is -1.54. The summed E-state index contributed by atoms with van der Waals surface area (Å²) in [6, 6.07) is 13.2. The number of rotatable bonds is 2. The Bertz CT molecular complexity index is 661. The van der Waals surface area contributed by atoms with Gasteiger partial charge >= 0.3 is 0 Å². The Balaban J connectivity index is 0.000000637. The van der Waals surface area contributed by atoms with Crippen LogP contribution in [0.2, 0.25) is 0 Å². The number of hydrogen-bond acceptors (Lipinski definition) is 1. The highest BCUT2D eigenvalue weighted by molar-refractivity contribution is 7.15. The van der Waals surface area contributed by atoms with E-state index in [2.05, 4.69) is 55.2 Å². The molecule has 1 aromatic carbocycles. The molecule has 3 rings (SSSR count). The van der Waals surface area contributed by atoms with E-state index in [0.29, 0.717) is 0 Å². The van der Waals surface area contributed by atoms with Crippen LogP contribution in [0.15, 0.2) is 36.4 Å². The van der Waals surface area contributed by atoms with E-state index in [1.54, 1.807) is 0 Å². The van der Waals surface area contributed by atoms with E-state index in [-0.39, 0.29) is 0 Å². The van der Waals surface area contributed by atoms with Gasteiger partial charge in [0.05, 0.1) is 10.6 Å². The van der Waals surface area contributed by atoms with Gasteiger partial charge in [-0.1, -0.05) is 32.4 Å². The Morgan fingerprint density at radius 1 is 1.05 bits per heavy atom. The SMILES string of the molecule is CC.CCc1ccc(-c2cc3cc(C)ccc3[nH]2)s1. The molecule has 0 aliphatic rings. The van der Waals surface area contributed by atoms with E-state index >= 15 is 0 Å². The lowest BCUT2D eigenvalue weighted by atomic mass is 10.2. The minimum Gasteiger partial charge on any atom is -0.354 e. The third kappa shape index (κ3) is 2.90. The summed E-state index contributed by atoms with van der Waals surface area (Å²) in [5, 5.41) is 1.30. The Morgan fingerprint density at radius 3 is 2.53 bits per heavy atom. The van der Waals surface area contributed by atoms with Gasteiger partial charge in [0.2, 0.25) is 0 Å². The first kappa shape index (κ1) is 13.9. The first-order valence-electron chi connectivity index (χ1n) is 6.94. The van der Waals surface area contributed by atoms with Gasteiger partial charge < -0.3 is 4.98 Å². The molecular formula is C17H21NS. The van der Waals surface area contributed by atoms with Gasteiger partial charge in [-0.2, -0.15) is 0 Å². The lowest BCUT2D eigenvalue weighted by Crippen LogP contribution is -1.71. The maximum atomic E-state index is 3.49. The molecule has 0 amide bonds. The number of aromatic nitrogens is 1. The maximum Gasteiger partial charge on any atom is 0.0566 e. The van der Waals surface area contributed by atoms with Gasteiger partial charge in [0.25, 0.3) is 0 Å². The number of fused-ring (bicyclic) bond motifs is 1. The van der Waals surface area contributed by atoms with Gasteiger partial charge in [0.15, 0.2) is 0 Å². The molecule has 0 unspecified atom stereocenters. The molecule has 0 spiro atoms. The Labute approximate surface area is 119 Å². The van der Waals surface area contributed by atoms with Crippen LogP contribution >= 0.6 is 11.3 Å². The van der Waals surface area contributed by atoms with E-state index in [1.807, 2.05) is 25.2 Å². The molecule has 100 valence electrons. The molecule has 2 aromatic heterocycles. The van der Waals surface area contributed by atoms with Gasteiger partial charge in [0, 0.05) is 15.8 Å². The average Bonchev–Trinajstić information content (AvgIpc) is 3.06. The summed E-state index contributed by atoms with van der Waals surface area (Å²) in [6.45, 7) is 8.33. The van der Waals surface area contributed by atoms with Crippen LogP contribution in [-0.2, 0) is 6.42 Å². The first-order chi connectivity index (χ1) is 9.26. The number of thiophene rings is 1. The molecule has 0 saturated carbocycles. The third-order valence-electron chi connectivity index (χ3n) is 3.05. The highest BCUT2D eigenvalue weighted by atomic mass is 32.1. The Morgan fingerprint density at radius 2 is 1.84 bits per heavy atom. The zero-order chi connectivity index (χ0) is 13.8. The summed E-state index contributed by atoms with van der Waals surface area (Å²) in [6.07, 6.45) is 1.12. The van der Waals surface area contributed by atoms with Crippen LogP contribution in [-0.4, -0.2) is 4.98 Å². The Kier molecular flexibility index (Phi) is 4.43. The van der Waals surface area contributed by atoms with Gasteiger partial charge in [-0.25, -0.2) is 0 Å². The predicted molar refractivity (Wildman–Crippen MR) is 87.1 cm³/mol. The molecule has 0 aliphatic heterocycles. The number of benzene rings is 1. The fourth-order valence-electron chi connectivity index (χ4n) is 2.10. The quantitative estimate of drug-likeness (QED) is 0.607. The zero-order valence-corrected chi connectivity index (χ0v) is 12.9. The highest BCUT2D eigenvalue weighted by Gasteiger charge is 2.05. The molecular weight excluding hydrogens is 250 g/mol. The van der Waals surface area contributed by atoms with Crippen molar-refractivity contribution in [1.29, 1.82) is 0 Å². The largest absolute Gasteiger partial charge is 0.354 e. The van der Waals surface area contributed by atoms with Crippen molar-refractivity contribution in [3.8, 4) is 10.6 Å². The van der Waals surface area contributed by atoms with Crippen molar-refractivity contribution >= 4 is 22.2 Å². The van der Waals surface area contributed by atoms with Crippen LogP contribution in [0.1, 0.15) is 31.2 Å². The van der Waals surface area contributed by atoms with Gasteiger partial charge in [-0.15, -0.1) is 11.3 Å². The van der Waals surface area contributed by atoms with Crippen molar-refractivity contribution in [2.45, 2.75) is 34.1 Å². The van der Waals surface area contributed by atoms with E-state index < -0.39 is 0 Å². The summed E-state index contributed by atoms with van der Waals surface area (Å²) in [7, 11) is 0. The molecule has 1 N–H and O–H groups in total. The van der Waals surface area contributed by atoms with Crippen LogP contribution in [0.25, 0.3) is 21.5 Å². The average molecular weight is 271 g/mol. The molecule has 2 heterocycles. The van der Waals surface area contributed by atoms with Gasteiger partial charge in [-0.3, -0.25) is 0 Å². The van der Waals surface area contributed by atoms with Crippen molar-refractivity contribution in [3.63, 3.8) is 0 Å². The standard InChI is InChI=1S/C15H15NS.C2H6/c1-3-12-5-7-15(17-12)14-9-11-8-10(2)4-6-13(11)16-14;1-2/h4-9,16H,3H2,1-2H3;1-2H3. The number of nitrogens with one attached hydrogen (secondary N) is 1. The molecule has 1 nitrogen and oxygen atoms in total. The highest BCUT2D eigenvalue weighted by Crippen LogP contribution is 2.30. The molecule has 0 radical (unpaired) electrons. The van der Waals surface area contributed by atoms with Crippen LogP contribution < -0.4 is 0 Å². The number of aromatic amines is 1. The number of hydrogen-bond donors (Lipinski definition) is 1. The van der Waals surface area contributed by atoms with E-state index in [0.717, 1.165) is 6.42 Å². The van der Waals surface area contributed by atoms with E-state index in [9.17, 15) is 0 Å².